The molecule has 0 aliphatic rings. The molecule has 0 aliphatic heterocycles. The van der Waals surface area contributed by atoms with Crippen LogP contribution in [0.25, 0.3) is 0 Å². The van der Waals surface area contributed by atoms with Crippen LogP contribution in [-0.4, -0.2) is 22.8 Å². The van der Waals surface area contributed by atoms with Gasteiger partial charge in [-0.15, -0.1) is 0 Å². The van der Waals surface area contributed by atoms with Gasteiger partial charge < -0.3 is 9.88 Å². The maximum atomic E-state index is 12.0. The minimum Gasteiger partial charge on any atom is -0.352 e. The molecule has 0 spiro atoms. The summed E-state index contributed by atoms with van der Waals surface area (Å²) in [5.41, 5.74) is 0.927. The minimum absolute atomic E-state index is 0.0528. The van der Waals surface area contributed by atoms with Gasteiger partial charge in [-0.05, 0) is 31.5 Å². The summed E-state index contributed by atoms with van der Waals surface area (Å²) in [7, 11) is 0. The smallest absolute Gasteiger partial charge is 0.251 e. The van der Waals surface area contributed by atoms with Gasteiger partial charge in [-0.25, -0.2) is 0 Å². The van der Waals surface area contributed by atoms with Crippen molar-refractivity contribution in [2.24, 2.45) is 0 Å². The number of amides is 1. The van der Waals surface area contributed by atoms with Crippen LogP contribution in [0.3, 0.4) is 0 Å². The first-order valence-electron chi connectivity index (χ1n) is 7.12. The Hall–Kier alpha value is -2.69. The molecule has 114 valence electrons. The molecule has 5 nitrogen and oxygen atoms in total. The lowest BCUT2D eigenvalue weighted by molar-refractivity contribution is 0.0952. The van der Waals surface area contributed by atoms with E-state index < -0.39 is 0 Å². The van der Waals surface area contributed by atoms with Crippen molar-refractivity contribution in [2.75, 3.05) is 6.54 Å². The summed E-state index contributed by atoms with van der Waals surface area (Å²) in [4.78, 5) is 34.8. The summed E-state index contributed by atoms with van der Waals surface area (Å²) in [6.07, 6.45) is 2.38. The van der Waals surface area contributed by atoms with Crippen molar-refractivity contribution in [3.8, 4) is 0 Å². The quantitative estimate of drug-likeness (QED) is 0.654. The third kappa shape index (κ3) is 4.15. The fraction of sp³-hybridized carbons (Fsp3) is 0.235. The van der Waals surface area contributed by atoms with Gasteiger partial charge in [0.15, 0.2) is 5.78 Å². The average Bonchev–Trinajstić information content (AvgIpc) is 2.53. The molecule has 22 heavy (non-hydrogen) atoms. The van der Waals surface area contributed by atoms with E-state index >= 15 is 0 Å². The van der Waals surface area contributed by atoms with Gasteiger partial charge in [0.2, 0.25) is 5.56 Å². The Balaban J connectivity index is 1.86. The van der Waals surface area contributed by atoms with E-state index in [1.54, 1.807) is 47.2 Å². The number of rotatable bonds is 6. The van der Waals surface area contributed by atoms with Crippen LogP contribution in [0.1, 0.15) is 34.1 Å². The molecular formula is C17H18N2O3. The first-order valence-corrected chi connectivity index (χ1v) is 7.12. The number of hydrogen-bond donors (Lipinski definition) is 1. The molecule has 1 heterocycles. The van der Waals surface area contributed by atoms with Gasteiger partial charge in [0.25, 0.3) is 5.91 Å². The lowest BCUT2D eigenvalue weighted by Crippen LogP contribution is -2.27. The third-order valence-electron chi connectivity index (χ3n) is 3.29. The predicted octanol–water partition coefficient (Wildman–Crippen LogP) is 1.87. The number of nitrogens with one attached hydrogen (secondary N) is 1. The van der Waals surface area contributed by atoms with Crippen molar-refractivity contribution in [3.05, 3.63) is 70.1 Å². The first-order chi connectivity index (χ1) is 10.6. The molecule has 0 fully saturated rings. The number of ketones is 1. The highest BCUT2D eigenvalue weighted by molar-refractivity contribution is 5.99. The fourth-order valence-electron chi connectivity index (χ4n) is 2.08. The van der Waals surface area contributed by atoms with Gasteiger partial charge in [-0.2, -0.15) is 0 Å². The molecule has 1 amide bonds. The summed E-state index contributed by atoms with van der Waals surface area (Å²) in [6.45, 7) is 2.48. The van der Waals surface area contributed by atoms with Gasteiger partial charge in [-0.3, -0.25) is 14.4 Å². The molecule has 1 N–H and O–H groups in total. The predicted molar refractivity (Wildman–Crippen MR) is 84.1 cm³/mol. The Morgan fingerprint density at radius 3 is 2.59 bits per heavy atom. The molecular weight excluding hydrogens is 280 g/mol. The highest BCUT2D eigenvalue weighted by atomic mass is 16.2. The summed E-state index contributed by atoms with van der Waals surface area (Å²) >= 11 is 0. The summed E-state index contributed by atoms with van der Waals surface area (Å²) in [5.74, 6) is -0.290. The van der Waals surface area contributed by atoms with E-state index in [1.807, 2.05) is 0 Å². The number of carbonyl (C=O) groups excluding carboxylic acids is 2. The Morgan fingerprint density at radius 1 is 1.09 bits per heavy atom. The molecule has 2 aromatic rings. The van der Waals surface area contributed by atoms with Crippen LogP contribution in [0.15, 0.2) is 53.5 Å². The maximum Gasteiger partial charge on any atom is 0.251 e. The van der Waals surface area contributed by atoms with Gasteiger partial charge in [-0.1, -0.05) is 18.2 Å². The van der Waals surface area contributed by atoms with E-state index in [-0.39, 0.29) is 17.2 Å². The number of aryl methyl sites for hydroxylation is 1. The molecule has 1 aromatic heterocycles. The molecule has 0 saturated carbocycles. The Bertz CT molecular complexity index is 734. The molecule has 0 aliphatic carbocycles. The normalized spacial score (nSPS) is 10.2. The molecule has 5 heteroatoms. The van der Waals surface area contributed by atoms with Crippen LogP contribution in [0.4, 0.5) is 0 Å². The zero-order valence-electron chi connectivity index (χ0n) is 12.4. The topological polar surface area (TPSA) is 68.2 Å². The summed E-state index contributed by atoms with van der Waals surface area (Å²) < 4.78 is 1.60. The molecule has 0 atom stereocenters. The van der Waals surface area contributed by atoms with Crippen molar-refractivity contribution >= 4 is 11.7 Å². The van der Waals surface area contributed by atoms with Crippen LogP contribution in [-0.2, 0) is 6.54 Å². The number of benzene rings is 1. The van der Waals surface area contributed by atoms with E-state index in [0.29, 0.717) is 30.6 Å². The number of aromatic nitrogens is 1. The van der Waals surface area contributed by atoms with Crippen molar-refractivity contribution in [3.63, 3.8) is 0 Å². The Kier molecular flexibility index (Phi) is 5.25. The van der Waals surface area contributed by atoms with Crippen LogP contribution >= 0.6 is 0 Å². The summed E-state index contributed by atoms with van der Waals surface area (Å²) in [5, 5.41) is 2.79. The van der Waals surface area contributed by atoms with Crippen molar-refractivity contribution in [1.29, 1.82) is 0 Å². The monoisotopic (exact) mass is 298 g/mol. The number of hydrogen-bond acceptors (Lipinski definition) is 3. The van der Waals surface area contributed by atoms with Crippen LogP contribution in [0.2, 0.25) is 0 Å². The van der Waals surface area contributed by atoms with E-state index in [2.05, 4.69) is 5.32 Å². The lowest BCUT2D eigenvalue weighted by Gasteiger charge is -2.07. The lowest BCUT2D eigenvalue weighted by atomic mass is 10.1. The van der Waals surface area contributed by atoms with Crippen LogP contribution in [0.5, 0.6) is 0 Å². The molecule has 0 radical (unpaired) electrons. The third-order valence-corrected chi connectivity index (χ3v) is 3.29. The SMILES string of the molecule is CC(=O)c1cccc(C(=O)NCCCn2ccccc2=O)c1. The molecule has 2 rings (SSSR count). The Morgan fingerprint density at radius 2 is 1.86 bits per heavy atom. The van der Waals surface area contributed by atoms with Crippen molar-refractivity contribution in [2.45, 2.75) is 19.9 Å². The number of nitrogens with zero attached hydrogens (tertiary/aromatic N) is 1. The van der Waals surface area contributed by atoms with Gasteiger partial charge in [0.05, 0.1) is 0 Å². The minimum atomic E-state index is -0.219. The van der Waals surface area contributed by atoms with Gasteiger partial charge in [0, 0.05) is 36.5 Å². The van der Waals surface area contributed by atoms with Crippen molar-refractivity contribution in [1.82, 2.24) is 9.88 Å². The van der Waals surface area contributed by atoms with Crippen molar-refractivity contribution < 1.29 is 9.59 Å². The number of Topliss-reactive ketones (excluding diaryl/α,β-unsaturated/α-hetero) is 1. The number of carbonyl (C=O) groups is 2. The van der Waals surface area contributed by atoms with Crippen LogP contribution in [0, 0.1) is 0 Å². The second-order valence-electron chi connectivity index (χ2n) is 4.98. The highest BCUT2D eigenvalue weighted by Gasteiger charge is 2.07. The average molecular weight is 298 g/mol. The zero-order chi connectivity index (χ0) is 15.9. The molecule has 0 saturated heterocycles. The number of pyridine rings is 1. The second kappa shape index (κ2) is 7.36. The Labute approximate surface area is 128 Å². The highest BCUT2D eigenvalue weighted by Crippen LogP contribution is 2.06. The fourth-order valence-corrected chi connectivity index (χ4v) is 2.08. The zero-order valence-corrected chi connectivity index (χ0v) is 12.4. The molecule has 0 unspecified atom stereocenters. The van der Waals surface area contributed by atoms with Gasteiger partial charge in [0.1, 0.15) is 0 Å². The van der Waals surface area contributed by atoms with E-state index in [4.69, 9.17) is 0 Å². The van der Waals surface area contributed by atoms with Gasteiger partial charge >= 0.3 is 0 Å². The summed E-state index contributed by atoms with van der Waals surface area (Å²) in [6, 6.07) is 11.6. The maximum absolute atomic E-state index is 12.0. The standard InChI is InChI=1S/C17H18N2O3/c1-13(20)14-6-4-7-15(12-14)17(22)18-9-5-11-19-10-3-2-8-16(19)21/h2-4,6-8,10,12H,5,9,11H2,1H3,(H,18,22). The second-order valence-corrected chi connectivity index (χ2v) is 4.98. The first kappa shape index (κ1) is 15.7. The van der Waals surface area contributed by atoms with E-state index in [9.17, 15) is 14.4 Å². The van der Waals surface area contributed by atoms with E-state index in [1.165, 1.54) is 13.0 Å². The van der Waals surface area contributed by atoms with E-state index in [0.717, 1.165) is 0 Å². The van der Waals surface area contributed by atoms with Crippen LogP contribution < -0.4 is 10.9 Å². The molecule has 1 aromatic carbocycles. The molecule has 0 bridgehead atoms. The largest absolute Gasteiger partial charge is 0.352 e.